The van der Waals surface area contributed by atoms with E-state index in [9.17, 15) is 49.9 Å². The summed E-state index contributed by atoms with van der Waals surface area (Å²) in [4.78, 5) is 21.2. The summed E-state index contributed by atoms with van der Waals surface area (Å²) < 4.78 is 103. The number of alkyl halides is 7. The number of para-hydroxylation sites is 2. The van der Waals surface area contributed by atoms with Crippen molar-refractivity contribution in [1.82, 2.24) is 0 Å². The van der Waals surface area contributed by atoms with Crippen LogP contribution in [0.1, 0.15) is 0 Å². The third-order valence-corrected chi connectivity index (χ3v) is 6.14. The lowest BCUT2D eigenvalue weighted by Crippen LogP contribution is -2.49. The smallest absolute Gasteiger partial charge is 0.324 e. The molecule has 174 valence electrons. The van der Waals surface area contributed by atoms with E-state index in [1.165, 1.54) is 18.2 Å². The number of amides is 1. The van der Waals surface area contributed by atoms with Crippen molar-refractivity contribution < 1.29 is 44.7 Å². The van der Waals surface area contributed by atoms with Crippen LogP contribution in [-0.4, -0.2) is 38.1 Å². The Hall–Kier alpha value is -2.68. The minimum absolute atomic E-state index is 0.299. The molecule has 1 unspecified atom stereocenters. The molecule has 32 heavy (non-hydrogen) atoms. The first-order valence-corrected chi connectivity index (χ1v) is 10.3. The number of nitrogens with zero attached hydrogens (tertiary/aromatic N) is 1. The standard InChI is InChI=1S/C17H11F7N2O4S2/c18-15(19,16(20,21)22)17(23,24)31-12-7-3-1-5-10(12)25-14(27)9-32(30)13-8-4-2-6-11(13)26(28)29/h1-8H,9H2,(H,25,27). The van der Waals surface area contributed by atoms with Crippen molar-refractivity contribution >= 4 is 39.8 Å². The summed E-state index contributed by atoms with van der Waals surface area (Å²) in [5.74, 6) is -8.35. The fourth-order valence-electron chi connectivity index (χ4n) is 2.21. The van der Waals surface area contributed by atoms with Crippen LogP contribution < -0.4 is 5.32 Å². The highest BCUT2D eigenvalue weighted by Gasteiger charge is 2.73. The summed E-state index contributed by atoms with van der Waals surface area (Å²) in [6, 6.07) is 8.76. The second kappa shape index (κ2) is 9.44. The number of benzene rings is 2. The molecule has 0 spiro atoms. The van der Waals surface area contributed by atoms with Gasteiger partial charge in [0, 0.05) is 11.0 Å². The highest BCUT2D eigenvalue weighted by molar-refractivity contribution is 8.00. The lowest BCUT2D eigenvalue weighted by Gasteiger charge is -2.28. The number of carbonyl (C=O) groups excluding carboxylic acids is 1. The molecule has 2 aromatic carbocycles. The Kier molecular flexibility index (Phi) is 7.55. The number of nitrogens with one attached hydrogen (secondary N) is 1. The van der Waals surface area contributed by atoms with Gasteiger partial charge in [0.25, 0.3) is 5.69 Å². The van der Waals surface area contributed by atoms with Gasteiger partial charge in [-0.1, -0.05) is 24.3 Å². The van der Waals surface area contributed by atoms with Gasteiger partial charge in [-0.15, -0.1) is 0 Å². The van der Waals surface area contributed by atoms with Crippen molar-refractivity contribution in [1.29, 1.82) is 0 Å². The molecular weight excluding hydrogens is 493 g/mol. The molecule has 0 saturated carbocycles. The fourth-order valence-corrected chi connectivity index (χ4v) is 4.18. The van der Waals surface area contributed by atoms with Gasteiger partial charge in [-0.25, -0.2) is 0 Å². The summed E-state index contributed by atoms with van der Waals surface area (Å²) in [6.07, 6.45) is -6.52. The molecule has 0 fully saturated rings. The molecule has 2 rings (SSSR count). The summed E-state index contributed by atoms with van der Waals surface area (Å²) in [6.45, 7) is 0. The van der Waals surface area contributed by atoms with Gasteiger partial charge >= 0.3 is 17.4 Å². The van der Waals surface area contributed by atoms with Crippen LogP contribution in [0.15, 0.2) is 58.3 Å². The molecular formula is C17H11F7N2O4S2. The number of thioether (sulfide) groups is 1. The lowest BCUT2D eigenvalue weighted by molar-refractivity contribution is -0.387. The molecule has 0 heterocycles. The van der Waals surface area contributed by atoms with E-state index in [1.54, 1.807) is 0 Å². The van der Waals surface area contributed by atoms with E-state index >= 15 is 0 Å². The van der Waals surface area contributed by atoms with Gasteiger partial charge in [0.1, 0.15) is 10.6 Å². The Balaban J connectivity index is 2.21. The van der Waals surface area contributed by atoms with Crippen LogP contribution in [0.25, 0.3) is 0 Å². The molecule has 0 radical (unpaired) electrons. The second-order valence-electron chi connectivity index (χ2n) is 5.95. The molecule has 1 N–H and O–H groups in total. The zero-order valence-electron chi connectivity index (χ0n) is 15.4. The first-order chi connectivity index (χ1) is 14.7. The number of hydrogen-bond donors (Lipinski definition) is 1. The highest BCUT2D eigenvalue weighted by Crippen LogP contribution is 2.54. The highest BCUT2D eigenvalue weighted by atomic mass is 32.2. The van der Waals surface area contributed by atoms with Crippen molar-refractivity contribution in [3.8, 4) is 0 Å². The number of hydrogen-bond acceptors (Lipinski definition) is 5. The van der Waals surface area contributed by atoms with Gasteiger partial charge in [-0.2, -0.15) is 30.7 Å². The second-order valence-corrected chi connectivity index (χ2v) is 8.53. The molecule has 1 amide bonds. The van der Waals surface area contributed by atoms with Crippen molar-refractivity contribution in [2.75, 3.05) is 11.1 Å². The SMILES string of the molecule is O=C(CS(=O)c1ccccc1[N+](=O)[O-])Nc1ccccc1SC(F)(F)C(F)(F)C(F)(F)F. The molecule has 0 saturated heterocycles. The predicted octanol–water partition coefficient (Wildman–Crippen LogP) is 5.22. The maximum atomic E-state index is 13.7. The zero-order chi connectivity index (χ0) is 24.3. The third kappa shape index (κ3) is 5.56. The van der Waals surface area contributed by atoms with Crippen molar-refractivity contribution in [2.45, 2.75) is 27.1 Å². The van der Waals surface area contributed by atoms with Crippen LogP contribution >= 0.6 is 11.8 Å². The number of anilines is 1. The molecule has 2 aromatic rings. The average Bonchev–Trinajstić information content (AvgIpc) is 2.68. The summed E-state index contributed by atoms with van der Waals surface area (Å²) in [7, 11) is -2.25. The third-order valence-electron chi connectivity index (χ3n) is 3.69. The monoisotopic (exact) mass is 504 g/mol. The zero-order valence-corrected chi connectivity index (χ0v) is 17.0. The molecule has 0 aromatic heterocycles. The van der Waals surface area contributed by atoms with Crippen LogP contribution in [0.3, 0.4) is 0 Å². The summed E-state index contributed by atoms with van der Waals surface area (Å²) >= 11 is -1.11. The average molecular weight is 504 g/mol. The van der Waals surface area contributed by atoms with Crippen molar-refractivity contribution in [3.05, 3.63) is 58.6 Å². The van der Waals surface area contributed by atoms with Gasteiger partial charge in [-0.3, -0.25) is 19.1 Å². The summed E-state index contributed by atoms with van der Waals surface area (Å²) in [5, 5.41) is 7.37. The van der Waals surface area contributed by atoms with Gasteiger partial charge < -0.3 is 5.32 Å². The van der Waals surface area contributed by atoms with Crippen LogP contribution in [-0.2, 0) is 15.6 Å². The Labute approximate surface area is 181 Å². The number of rotatable bonds is 8. The molecule has 0 aliphatic rings. The predicted molar refractivity (Wildman–Crippen MR) is 101 cm³/mol. The normalized spacial score (nSPS) is 13.5. The molecule has 0 aliphatic heterocycles. The van der Waals surface area contributed by atoms with E-state index in [2.05, 4.69) is 0 Å². The Morgan fingerprint density at radius 3 is 2.16 bits per heavy atom. The minimum Gasteiger partial charge on any atom is -0.324 e. The first kappa shape index (κ1) is 25.6. The van der Waals surface area contributed by atoms with Gasteiger partial charge in [0.15, 0.2) is 0 Å². The fraction of sp³-hybridized carbons (Fsp3) is 0.235. The number of nitro benzene ring substituents is 1. The van der Waals surface area contributed by atoms with E-state index in [0.29, 0.717) is 0 Å². The van der Waals surface area contributed by atoms with Gasteiger partial charge in [-0.05, 0) is 30.0 Å². The topological polar surface area (TPSA) is 89.3 Å². The first-order valence-electron chi connectivity index (χ1n) is 8.19. The van der Waals surface area contributed by atoms with E-state index in [4.69, 9.17) is 0 Å². The van der Waals surface area contributed by atoms with E-state index < -0.39 is 72.8 Å². The molecule has 0 aliphatic carbocycles. The van der Waals surface area contributed by atoms with E-state index in [1.807, 2.05) is 5.32 Å². The van der Waals surface area contributed by atoms with Crippen LogP contribution in [0.4, 0.5) is 42.1 Å². The maximum Gasteiger partial charge on any atom is 0.460 e. The lowest BCUT2D eigenvalue weighted by atomic mass is 10.3. The number of halogens is 7. The Morgan fingerprint density at radius 2 is 1.56 bits per heavy atom. The van der Waals surface area contributed by atoms with E-state index in [0.717, 1.165) is 30.3 Å². The largest absolute Gasteiger partial charge is 0.460 e. The molecule has 1 atom stereocenters. The van der Waals surface area contributed by atoms with Crippen LogP contribution in [0, 0.1) is 10.1 Å². The van der Waals surface area contributed by atoms with Crippen LogP contribution in [0.2, 0.25) is 0 Å². The van der Waals surface area contributed by atoms with E-state index in [-0.39, 0.29) is 4.90 Å². The minimum atomic E-state index is -6.52. The molecule has 6 nitrogen and oxygen atoms in total. The molecule has 15 heteroatoms. The van der Waals surface area contributed by atoms with Crippen molar-refractivity contribution in [3.63, 3.8) is 0 Å². The number of carbonyl (C=O) groups is 1. The van der Waals surface area contributed by atoms with Gasteiger partial charge in [0.05, 0.1) is 21.4 Å². The van der Waals surface area contributed by atoms with Crippen LogP contribution in [0.5, 0.6) is 0 Å². The van der Waals surface area contributed by atoms with Crippen molar-refractivity contribution in [2.24, 2.45) is 0 Å². The summed E-state index contributed by atoms with van der Waals surface area (Å²) in [5.41, 5.74) is -1.08. The maximum absolute atomic E-state index is 13.7. The van der Waals surface area contributed by atoms with Gasteiger partial charge in [0.2, 0.25) is 5.91 Å². The Morgan fingerprint density at radius 1 is 1.00 bits per heavy atom. The number of nitro groups is 1. The Bertz CT molecular complexity index is 1050. The molecule has 0 bridgehead atoms. The quantitative estimate of drug-likeness (QED) is 0.230.